The quantitative estimate of drug-likeness (QED) is 0.262. The summed E-state index contributed by atoms with van der Waals surface area (Å²) < 4.78 is 4.71. The number of hydrogen-bond donors (Lipinski definition) is 1. The van der Waals surface area contributed by atoms with Crippen molar-refractivity contribution in [3.8, 4) is 17.6 Å². The lowest BCUT2D eigenvalue weighted by Crippen LogP contribution is -2.08. The van der Waals surface area contributed by atoms with Gasteiger partial charge in [0.1, 0.15) is 5.75 Å². The zero-order chi connectivity index (χ0) is 23.2. The summed E-state index contributed by atoms with van der Waals surface area (Å²) in [4.78, 5) is 11.3. The molecule has 2 rings (SSSR count). The molecule has 1 aromatic rings. The van der Waals surface area contributed by atoms with Gasteiger partial charge in [-0.15, -0.1) is 11.8 Å². The first-order valence-corrected chi connectivity index (χ1v) is 11.9. The smallest absolute Gasteiger partial charge is 0.305 e. The molecule has 4 atom stereocenters. The van der Waals surface area contributed by atoms with Crippen LogP contribution in [0.1, 0.15) is 90.2 Å². The summed E-state index contributed by atoms with van der Waals surface area (Å²) in [5.41, 5.74) is 1.99. The third kappa shape index (κ3) is 8.44. The number of phenols is 1. The number of esters is 1. The second kappa shape index (κ2) is 14.7. The van der Waals surface area contributed by atoms with Gasteiger partial charge in [0.2, 0.25) is 0 Å². The Morgan fingerprint density at radius 3 is 2.71 bits per heavy atom. The highest BCUT2D eigenvalue weighted by molar-refractivity contribution is 5.69. The number of para-hydroxylation sites is 1. The average molecular weight is 427 g/mol. The lowest BCUT2D eigenvalue weighted by molar-refractivity contribution is -0.140. The average Bonchev–Trinajstić information content (AvgIpc) is 3.26. The zero-order valence-electron chi connectivity index (χ0n) is 20.4. The lowest BCUT2D eigenvalue weighted by atomic mass is 9.85. The fourth-order valence-corrected chi connectivity index (χ4v) is 4.20. The fraction of sp³-hybridized carbons (Fsp3) is 0.607. The number of phenolic OH excluding ortho intramolecular Hbond substituents is 1. The minimum atomic E-state index is -0.199. The molecule has 3 heteroatoms. The minimum Gasteiger partial charge on any atom is -0.507 e. The summed E-state index contributed by atoms with van der Waals surface area (Å²) in [7, 11) is 1.41. The molecule has 0 aromatic heterocycles. The highest BCUT2D eigenvalue weighted by Gasteiger charge is 2.29. The predicted molar refractivity (Wildman–Crippen MR) is 130 cm³/mol. The number of hydrogen-bond acceptors (Lipinski definition) is 3. The number of rotatable bonds is 9. The third-order valence-electron chi connectivity index (χ3n) is 6.33. The van der Waals surface area contributed by atoms with Crippen LogP contribution in [-0.2, 0) is 16.0 Å². The van der Waals surface area contributed by atoms with Crippen molar-refractivity contribution in [3.63, 3.8) is 0 Å². The van der Waals surface area contributed by atoms with Crippen LogP contribution in [0.4, 0.5) is 0 Å². The molecule has 0 aliphatic heterocycles. The Bertz CT molecular complexity index is 753. The van der Waals surface area contributed by atoms with E-state index in [4.69, 9.17) is 4.74 Å². The summed E-state index contributed by atoms with van der Waals surface area (Å²) in [6.07, 6.45) is 10.9. The molecule has 31 heavy (non-hydrogen) atoms. The van der Waals surface area contributed by atoms with E-state index in [9.17, 15) is 9.90 Å². The van der Waals surface area contributed by atoms with E-state index in [1.165, 1.54) is 20.0 Å². The summed E-state index contributed by atoms with van der Waals surface area (Å²) in [5.74, 6) is 8.27. The molecule has 0 radical (unpaired) electrons. The van der Waals surface area contributed by atoms with Crippen molar-refractivity contribution < 1.29 is 14.6 Å². The summed E-state index contributed by atoms with van der Waals surface area (Å²) in [5, 5.41) is 10.9. The van der Waals surface area contributed by atoms with Gasteiger partial charge in [-0.3, -0.25) is 4.79 Å². The number of aryl methyl sites for hydroxylation is 1. The van der Waals surface area contributed by atoms with E-state index in [-0.39, 0.29) is 5.97 Å². The maximum Gasteiger partial charge on any atom is 0.305 e. The van der Waals surface area contributed by atoms with E-state index in [2.05, 4.69) is 43.9 Å². The molecule has 1 saturated carbocycles. The Morgan fingerprint density at radius 2 is 2.03 bits per heavy atom. The van der Waals surface area contributed by atoms with E-state index in [1.807, 2.05) is 32.9 Å². The van der Waals surface area contributed by atoms with Crippen molar-refractivity contribution >= 4 is 5.97 Å². The van der Waals surface area contributed by atoms with Crippen molar-refractivity contribution in [2.24, 2.45) is 17.8 Å². The number of carbonyl (C=O) groups excluding carboxylic acids is 1. The van der Waals surface area contributed by atoms with Crippen LogP contribution in [-0.4, -0.2) is 18.2 Å². The van der Waals surface area contributed by atoms with Crippen LogP contribution < -0.4 is 0 Å². The Labute approximate surface area is 190 Å². The fourth-order valence-electron chi connectivity index (χ4n) is 4.20. The van der Waals surface area contributed by atoms with Crippen LogP contribution in [0.3, 0.4) is 0 Å². The number of aromatic hydroxyl groups is 1. The van der Waals surface area contributed by atoms with E-state index in [0.717, 1.165) is 24.0 Å². The zero-order valence-corrected chi connectivity index (χ0v) is 20.4. The van der Waals surface area contributed by atoms with Crippen LogP contribution in [0.2, 0.25) is 0 Å². The molecule has 0 spiro atoms. The normalized spacial score (nSPS) is 19.7. The van der Waals surface area contributed by atoms with Crippen molar-refractivity contribution in [3.05, 3.63) is 41.5 Å². The molecular formula is C28H42O3. The maximum atomic E-state index is 11.3. The molecule has 1 aromatic carbocycles. The van der Waals surface area contributed by atoms with E-state index >= 15 is 0 Å². The van der Waals surface area contributed by atoms with Crippen LogP contribution in [0.15, 0.2) is 30.4 Å². The van der Waals surface area contributed by atoms with Crippen molar-refractivity contribution in [2.45, 2.75) is 85.5 Å². The number of benzene rings is 1. The third-order valence-corrected chi connectivity index (χ3v) is 6.33. The number of methoxy groups -OCH3 is 1. The Morgan fingerprint density at radius 1 is 1.29 bits per heavy atom. The lowest BCUT2D eigenvalue weighted by Gasteiger charge is -2.21. The van der Waals surface area contributed by atoms with Gasteiger partial charge >= 0.3 is 5.97 Å². The molecule has 3 unspecified atom stereocenters. The highest BCUT2D eigenvalue weighted by atomic mass is 16.5. The molecule has 172 valence electrons. The monoisotopic (exact) mass is 426 g/mol. The number of carbonyl (C=O) groups is 1. The van der Waals surface area contributed by atoms with Gasteiger partial charge in [-0.1, -0.05) is 64.5 Å². The molecule has 1 aliphatic carbocycles. The SMILES string of the molecule is CC.CC#CCC(C)C(C)/C=C/C1CCC[C@@H]1c1cccc(CCCC(=O)OC)c1O. The molecule has 1 N–H and O–H groups in total. The molecule has 3 nitrogen and oxygen atoms in total. The Balaban J connectivity index is 0.00000233. The largest absolute Gasteiger partial charge is 0.507 e. The van der Waals surface area contributed by atoms with Gasteiger partial charge in [0.25, 0.3) is 0 Å². The summed E-state index contributed by atoms with van der Waals surface area (Å²) in [6, 6.07) is 6.07. The summed E-state index contributed by atoms with van der Waals surface area (Å²) in [6.45, 7) is 10.4. The van der Waals surface area contributed by atoms with E-state index < -0.39 is 0 Å². The first-order valence-electron chi connectivity index (χ1n) is 11.9. The van der Waals surface area contributed by atoms with E-state index in [0.29, 0.717) is 48.7 Å². The van der Waals surface area contributed by atoms with Gasteiger partial charge in [-0.2, -0.15) is 0 Å². The topological polar surface area (TPSA) is 46.5 Å². The molecule has 0 saturated heterocycles. The Kier molecular flexibility index (Phi) is 12.8. The van der Waals surface area contributed by atoms with Crippen LogP contribution in [0.5, 0.6) is 5.75 Å². The summed E-state index contributed by atoms with van der Waals surface area (Å²) >= 11 is 0. The molecule has 0 bridgehead atoms. The van der Waals surface area contributed by atoms with Gasteiger partial charge in [0.05, 0.1) is 7.11 Å². The highest BCUT2D eigenvalue weighted by Crippen LogP contribution is 2.44. The van der Waals surface area contributed by atoms with Gasteiger partial charge in [0, 0.05) is 12.8 Å². The first-order chi connectivity index (χ1) is 15.0. The molecule has 0 amide bonds. The first kappa shape index (κ1) is 26.8. The van der Waals surface area contributed by atoms with Crippen LogP contribution in [0, 0.1) is 29.6 Å². The molecular weight excluding hydrogens is 384 g/mol. The minimum absolute atomic E-state index is 0.199. The van der Waals surface area contributed by atoms with Crippen molar-refractivity contribution in [1.29, 1.82) is 0 Å². The molecule has 1 fully saturated rings. The number of ether oxygens (including phenoxy) is 1. The molecule has 0 heterocycles. The van der Waals surface area contributed by atoms with Crippen LogP contribution >= 0.6 is 0 Å². The standard InChI is InChI=1S/C26H36O3.C2H6/c1-5-6-10-19(2)20(3)17-18-21-11-7-14-23(21)24-15-8-12-22(26(24)28)13-9-16-25(27)29-4;1-2/h8,12,15,17-21,23,28H,7,9-11,13-14,16H2,1-4H3;1-2H3/b18-17+;/t19?,20?,21?,23-;/m0./s1. The van der Waals surface area contributed by atoms with E-state index in [1.54, 1.807) is 0 Å². The Hall–Kier alpha value is -2.21. The van der Waals surface area contributed by atoms with Crippen LogP contribution in [0.25, 0.3) is 0 Å². The van der Waals surface area contributed by atoms with Gasteiger partial charge in [-0.25, -0.2) is 0 Å². The molecule has 1 aliphatic rings. The van der Waals surface area contributed by atoms with Gasteiger partial charge < -0.3 is 9.84 Å². The second-order valence-electron chi connectivity index (χ2n) is 8.34. The van der Waals surface area contributed by atoms with Crippen molar-refractivity contribution in [2.75, 3.05) is 7.11 Å². The number of allylic oxidation sites excluding steroid dienone is 2. The van der Waals surface area contributed by atoms with Crippen molar-refractivity contribution in [1.82, 2.24) is 0 Å². The van der Waals surface area contributed by atoms with Gasteiger partial charge in [0.15, 0.2) is 0 Å². The maximum absolute atomic E-state index is 11.3. The van der Waals surface area contributed by atoms with Gasteiger partial charge in [-0.05, 0) is 67.4 Å². The predicted octanol–water partition coefficient (Wildman–Crippen LogP) is 7.04. The second-order valence-corrected chi connectivity index (χ2v) is 8.34.